The molecule has 0 radical (unpaired) electrons. The van der Waals surface area contributed by atoms with Crippen molar-refractivity contribution in [1.82, 2.24) is 19.5 Å². The second-order valence-electron chi connectivity index (χ2n) is 6.52. The van der Waals surface area contributed by atoms with Gasteiger partial charge in [-0.1, -0.05) is 11.6 Å². The highest BCUT2D eigenvalue weighted by Gasteiger charge is 2.26. The van der Waals surface area contributed by atoms with Crippen LogP contribution >= 0.6 is 22.9 Å². The Morgan fingerprint density at radius 1 is 1.30 bits per heavy atom. The summed E-state index contributed by atoms with van der Waals surface area (Å²) in [6.45, 7) is 0.283. The Labute approximate surface area is 163 Å². The van der Waals surface area contributed by atoms with Crippen molar-refractivity contribution in [2.45, 2.75) is 25.4 Å². The van der Waals surface area contributed by atoms with E-state index in [4.69, 9.17) is 16.3 Å². The Kier molecular flexibility index (Phi) is 3.98. The van der Waals surface area contributed by atoms with E-state index in [1.165, 1.54) is 30.2 Å². The van der Waals surface area contributed by atoms with Crippen LogP contribution in [0.3, 0.4) is 0 Å². The number of aromatic nitrogens is 4. The van der Waals surface area contributed by atoms with Crippen molar-refractivity contribution in [3.05, 3.63) is 68.2 Å². The van der Waals surface area contributed by atoms with Gasteiger partial charge in [0.05, 0.1) is 22.9 Å². The highest BCUT2D eigenvalue weighted by molar-refractivity contribution is 7.15. The van der Waals surface area contributed by atoms with Gasteiger partial charge in [0.15, 0.2) is 0 Å². The van der Waals surface area contributed by atoms with Gasteiger partial charge in [0, 0.05) is 18.2 Å². The van der Waals surface area contributed by atoms with Crippen molar-refractivity contribution in [3.8, 4) is 11.4 Å². The number of thiazole rings is 1. The first kappa shape index (κ1) is 16.5. The summed E-state index contributed by atoms with van der Waals surface area (Å²) in [6.07, 6.45) is 5.69. The van der Waals surface area contributed by atoms with Gasteiger partial charge in [0.2, 0.25) is 0 Å². The van der Waals surface area contributed by atoms with Gasteiger partial charge < -0.3 is 9.72 Å². The van der Waals surface area contributed by atoms with Crippen molar-refractivity contribution in [3.63, 3.8) is 0 Å². The Balaban J connectivity index is 1.39. The van der Waals surface area contributed by atoms with E-state index in [1.54, 1.807) is 23.0 Å². The second kappa shape index (κ2) is 6.51. The number of rotatable bonds is 5. The number of benzene rings is 1. The molecule has 6 nitrogen and oxygen atoms in total. The maximum Gasteiger partial charge on any atom is 0.258 e. The zero-order chi connectivity index (χ0) is 18.4. The molecule has 1 aliphatic carbocycles. The van der Waals surface area contributed by atoms with E-state index in [2.05, 4.69) is 15.0 Å². The Morgan fingerprint density at radius 3 is 2.93 bits per heavy atom. The van der Waals surface area contributed by atoms with Gasteiger partial charge >= 0.3 is 0 Å². The van der Waals surface area contributed by atoms with E-state index in [0.29, 0.717) is 16.0 Å². The van der Waals surface area contributed by atoms with Crippen LogP contribution in [0.1, 0.15) is 29.6 Å². The SMILES string of the molecule is O=c1cc(OCc2ncc(Cl)s2)ccn1-c1ccc2nc(C3CC3)[nH]c2c1. The molecule has 1 saturated carbocycles. The molecule has 3 heterocycles. The van der Waals surface area contributed by atoms with Crippen molar-refractivity contribution >= 4 is 34.0 Å². The first-order valence-electron chi connectivity index (χ1n) is 8.61. The molecule has 136 valence electrons. The fourth-order valence-electron chi connectivity index (χ4n) is 2.98. The largest absolute Gasteiger partial charge is 0.486 e. The van der Waals surface area contributed by atoms with Gasteiger partial charge in [-0.25, -0.2) is 9.97 Å². The number of hydrogen-bond acceptors (Lipinski definition) is 5. The van der Waals surface area contributed by atoms with Gasteiger partial charge in [-0.2, -0.15) is 0 Å². The molecule has 1 N–H and O–H groups in total. The molecule has 1 aromatic carbocycles. The van der Waals surface area contributed by atoms with Crippen LogP contribution < -0.4 is 10.3 Å². The topological polar surface area (TPSA) is 72.8 Å². The summed E-state index contributed by atoms with van der Waals surface area (Å²) >= 11 is 7.22. The normalized spacial score (nSPS) is 14.0. The molecule has 0 bridgehead atoms. The molecule has 0 amide bonds. The lowest BCUT2D eigenvalue weighted by Gasteiger charge is -2.08. The van der Waals surface area contributed by atoms with E-state index in [0.717, 1.165) is 27.6 Å². The summed E-state index contributed by atoms with van der Waals surface area (Å²) in [4.78, 5) is 24.7. The van der Waals surface area contributed by atoms with Crippen LogP contribution in [0.15, 0.2) is 47.5 Å². The van der Waals surface area contributed by atoms with Gasteiger partial charge in [-0.15, -0.1) is 11.3 Å². The maximum absolute atomic E-state index is 12.5. The lowest BCUT2D eigenvalue weighted by Crippen LogP contribution is -2.16. The molecule has 0 aliphatic heterocycles. The van der Waals surface area contributed by atoms with Crippen molar-refractivity contribution < 1.29 is 4.74 Å². The predicted molar refractivity (Wildman–Crippen MR) is 105 cm³/mol. The van der Waals surface area contributed by atoms with Crippen molar-refractivity contribution in [2.75, 3.05) is 0 Å². The van der Waals surface area contributed by atoms with Crippen LogP contribution in [0.5, 0.6) is 5.75 Å². The summed E-state index contributed by atoms with van der Waals surface area (Å²) in [5, 5.41) is 0.764. The molecular formula is C19H15ClN4O2S. The zero-order valence-corrected chi connectivity index (χ0v) is 15.8. The van der Waals surface area contributed by atoms with E-state index in [9.17, 15) is 4.79 Å². The number of hydrogen-bond donors (Lipinski definition) is 1. The monoisotopic (exact) mass is 398 g/mol. The number of ether oxygens (including phenoxy) is 1. The standard InChI is InChI=1S/C19H15ClN4O2S/c20-16-9-21-17(27-16)10-26-13-5-6-24(18(25)8-13)12-3-4-14-15(7-12)23-19(22-14)11-1-2-11/h3-9,11H,1-2,10H2,(H,22,23). The Bertz CT molecular complexity index is 1190. The van der Waals surface area contributed by atoms with Crippen LogP contribution in [-0.2, 0) is 6.61 Å². The average molecular weight is 399 g/mol. The smallest absolute Gasteiger partial charge is 0.258 e. The second-order valence-corrected chi connectivity index (χ2v) is 8.26. The van der Waals surface area contributed by atoms with Crippen molar-refractivity contribution in [1.29, 1.82) is 0 Å². The molecule has 5 rings (SSSR count). The zero-order valence-electron chi connectivity index (χ0n) is 14.2. The third-order valence-corrected chi connectivity index (χ3v) is 5.59. The molecule has 0 spiro atoms. The van der Waals surface area contributed by atoms with Crippen molar-refractivity contribution in [2.24, 2.45) is 0 Å². The number of pyridine rings is 1. The molecule has 1 aliphatic rings. The molecule has 8 heteroatoms. The molecule has 0 unspecified atom stereocenters. The highest BCUT2D eigenvalue weighted by Crippen LogP contribution is 2.39. The van der Waals surface area contributed by atoms with E-state index >= 15 is 0 Å². The summed E-state index contributed by atoms with van der Waals surface area (Å²) in [5.74, 6) is 2.11. The lowest BCUT2D eigenvalue weighted by atomic mass is 10.2. The van der Waals surface area contributed by atoms with Crippen LogP contribution in [0, 0.1) is 0 Å². The number of nitrogens with one attached hydrogen (secondary N) is 1. The fourth-order valence-corrected chi connectivity index (χ4v) is 3.85. The number of aromatic amines is 1. The molecule has 4 aromatic rings. The van der Waals surface area contributed by atoms with Crippen LogP contribution in [0.4, 0.5) is 0 Å². The maximum atomic E-state index is 12.5. The Hall–Kier alpha value is -2.64. The molecule has 0 atom stereocenters. The number of nitrogens with zero attached hydrogens (tertiary/aromatic N) is 3. The van der Waals surface area contributed by atoms with Crippen LogP contribution in [0.25, 0.3) is 16.7 Å². The lowest BCUT2D eigenvalue weighted by molar-refractivity contribution is 0.304. The summed E-state index contributed by atoms with van der Waals surface area (Å²) < 4.78 is 7.85. The number of imidazole rings is 1. The molecular weight excluding hydrogens is 384 g/mol. The van der Waals surface area contributed by atoms with Gasteiger partial charge in [-0.05, 0) is 37.1 Å². The summed E-state index contributed by atoms with van der Waals surface area (Å²) in [5.41, 5.74) is 2.50. The molecule has 3 aromatic heterocycles. The minimum atomic E-state index is -0.161. The first-order valence-corrected chi connectivity index (χ1v) is 9.81. The molecule has 27 heavy (non-hydrogen) atoms. The quantitative estimate of drug-likeness (QED) is 0.544. The van der Waals surface area contributed by atoms with Crippen LogP contribution in [-0.4, -0.2) is 19.5 Å². The highest BCUT2D eigenvalue weighted by atomic mass is 35.5. The summed E-state index contributed by atoms with van der Waals surface area (Å²) in [6, 6.07) is 9.04. The van der Waals surface area contributed by atoms with Gasteiger partial charge in [0.1, 0.15) is 27.5 Å². The summed E-state index contributed by atoms with van der Waals surface area (Å²) in [7, 11) is 0. The minimum Gasteiger partial charge on any atom is -0.486 e. The average Bonchev–Trinajstić information content (AvgIpc) is 3.29. The third-order valence-electron chi connectivity index (χ3n) is 4.50. The van der Waals surface area contributed by atoms with E-state index in [1.807, 2.05) is 18.2 Å². The first-order chi connectivity index (χ1) is 13.2. The molecule has 1 fully saturated rings. The Morgan fingerprint density at radius 2 is 2.19 bits per heavy atom. The van der Waals surface area contributed by atoms with Crippen LogP contribution in [0.2, 0.25) is 4.34 Å². The fraction of sp³-hybridized carbons (Fsp3) is 0.211. The van der Waals surface area contributed by atoms with E-state index < -0.39 is 0 Å². The minimum absolute atomic E-state index is 0.161. The number of fused-ring (bicyclic) bond motifs is 1. The number of H-pyrrole nitrogens is 1. The van der Waals surface area contributed by atoms with Gasteiger partial charge in [0.25, 0.3) is 5.56 Å². The number of halogens is 1. The van der Waals surface area contributed by atoms with Gasteiger partial charge in [-0.3, -0.25) is 9.36 Å². The predicted octanol–water partition coefficient (Wildman–Crippen LogP) is 4.28. The molecule has 0 saturated heterocycles. The third kappa shape index (κ3) is 3.36. The van der Waals surface area contributed by atoms with E-state index in [-0.39, 0.29) is 12.2 Å².